The monoisotopic (exact) mass is 553 g/mol. The van der Waals surface area contributed by atoms with Gasteiger partial charge in [0.25, 0.3) is 5.91 Å². The highest BCUT2D eigenvalue weighted by molar-refractivity contribution is 6.42. The van der Waals surface area contributed by atoms with E-state index >= 15 is 0 Å². The van der Waals surface area contributed by atoms with E-state index in [0.29, 0.717) is 32.8 Å². The molecule has 1 aliphatic rings. The number of nitrogens with zero attached hydrogens (tertiary/aromatic N) is 1. The van der Waals surface area contributed by atoms with Gasteiger partial charge in [0.15, 0.2) is 11.5 Å². The molecule has 4 rings (SSSR count). The minimum absolute atomic E-state index is 0.0447. The Kier molecular flexibility index (Phi) is 8.55. The van der Waals surface area contributed by atoms with Crippen LogP contribution in [0.2, 0.25) is 10.0 Å². The van der Waals surface area contributed by atoms with Crippen LogP contribution in [0.25, 0.3) is 6.08 Å². The Bertz CT molecular complexity index is 1420. The molecule has 3 aromatic rings. The topological polar surface area (TPSA) is 97.0 Å². The first kappa shape index (κ1) is 27.0. The van der Waals surface area contributed by atoms with Crippen molar-refractivity contribution in [1.29, 1.82) is 0 Å². The summed E-state index contributed by atoms with van der Waals surface area (Å²) in [4.78, 5) is 38.8. The summed E-state index contributed by atoms with van der Waals surface area (Å²) in [5.74, 6) is -0.163. The highest BCUT2D eigenvalue weighted by atomic mass is 35.5. The predicted molar refractivity (Wildman–Crippen MR) is 146 cm³/mol. The Morgan fingerprint density at radius 2 is 1.82 bits per heavy atom. The van der Waals surface area contributed by atoms with E-state index in [1.807, 2.05) is 25.1 Å². The van der Waals surface area contributed by atoms with E-state index in [9.17, 15) is 14.4 Å². The molecule has 3 aromatic carbocycles. The maximum absolute atomic E-state index is 12.9. The number of nitrogens with one attached hydrogen (secondary N) is 2. The molecule has 0 spiro atoms. The average Bonchev–Trinajstić information content (AvgIpc) is 3.17. The van der Waals surface area contributed by atoms with Crippen LogP contribution in [-0.2, 0) is 22.6 Å². The standard InChI is InChI=1S/C28H25Cl2N3O5/c1-3-19-6-4-5-7-22(19)31-26(34)15-33-27(35)23(32-28(33)36)13-17-9-11-24(25(14-17)37-2)38-16-18-8-10-20(29)21(30)12-18/h4-14H,3,15-16H2,1-2H3,(H,31,34)(H,32,36)/b23-13+. The largest absolute Gasteiger partial charge is 0.493 e. The Balaban J connectivity index is 1.43. The van der Waals surface area contributed by atoms with E-state index in [1.54, 1.807) is 42.5 Å². The SMILES string of the molecule is CCc1ccccc1NC(=O)CN1C(=O)N/C(=C/c2ccc(OCc3ccc(Cl)c(Cl)c3)c(OC)c2)C1=O. The first-order chi connectivity index (χ1) is 18.3. The molecule has 10 heteroatoms. The summed E-state index contributed by atoms with van der Waals surface area (Å²) >= 11 is 12.0. The van der Waals surface area contributed by atoms with Crippen molar-refractivity contribution in [3.8, 4) is 11.5 Å². The number of rotatable bonds is 9. The van der Waals surface area contributed by atoms with Gasteiger partial charge in [-0.1, -0.05) is 60.5 Å². The second-order valence-corrected chi connectivity index (χ2v) is 9.20. The third-order valence-electron chi connectivity index (χ3n) is 5.81. The lowest BCUT2D eigenvalue weighted by atomic mass is 10.1. The van der Waals surface area contributed by atoms with Gasteiger partial charge in [-0.05, 0) is 59.5 Å². The van der Waals surface area contributed by atoms with Crippen molar-refractivity contribution in [3.63, 3.8) is 0 Å². The highest BCUT2D eigenvalue weighted by Crippen LogP contribution is 2.31. The summed E-state index contributed by atoms with van der Waals surface area (Å²) in [6, 6.07) is 17.0. The van der Waals surface area contributed by atoms with E-state index < -0.39 is 24.4 Å². The van der Waals surface area contributed by atoms with Gasteiger partial charge >= 0.3 is 6.03 Å². The number of methoxy groups -OCH3 is 1. The number of amides is 4. The Hall–Kier alpha value is -4.01. The van der Waals surface area contributed by atoms with Gasteiger partial charge in [0.05, 0.1) is 17.2 Å². The third-order valence-corrected chi connectivity index (χ3v) is 6.55. The average molecular weight is 554 g/mol. The van der Waals surface area contributed by atoms with E-state index in [-0.39, 0.29) is 12.3 Å². The van der Waals surface area contributed by atoms with Gasteiger partial charge in [0, 0.05) is 5.69 Å². The van der Waals surface area contributed by atoms with Gasteiger partial charge in [0.1, 0.15) is 18.8 Å². The number of carbonyl (C=O) groups excluding carboxylic acids is 3. The van der Waals surface area contributed by atoms with Gasteiger partial charge in [-0.3, -0.25) is 9.59 Å². The Morgan fingerprint density at radius 1 is 1.03 bits per heavy atom. The molecular formula is C28H25Cl2N3O5. The molecule has 1 saturated heterocycles. The molecule has 1 aliphatic heterocycles. The summed E-state index contributed by atoms with van der Waals surface area (Å²) in [6.45, 7) is 1.80. The van der Waals surface area contributed by atoms with Crippen molar-refractivity contribution < 1.29 is 23.9 Å². The number of para-hydroxylation sites is 1. The number of aryl methyl sites for hydroxylation is 1. The molecule has 4 amide bonds. The molecule has 0 unspecified atom stereocenters. The van der Waals surface area contributed by atoms with Crippen molar-refractivity contribution in [2.24, 2.45) is 0 Å². The zero-order valence-corrected chi connectivity index (χ0v) is 22.2. The normalized spacial score (nSPS) is 14.0. The number of halogens is 2. The van der Waals surface area contributed by atoms with E-state index in [2.05, 4.69) is 10.6 Å². The van der Waals surface area contributed by atoms with Crippen LogP contribution in [0.3, 0.4) is 0 Å². The van der Waals surface area contributed by atoms with Crippen LogP contribution in [0.4, 0.5) is 10.5 Å². The quantitative estimate of drug-likeness (QED) is 0.262. The molecular weight excluding hydrogens is 529 g/mol. The van der Waals surface area contributed by atoms with Gasteiger partial charge in [-0.15, -0.1) is 0 Å². The number of benzene rings is 3. The number of hydrogen-bond acceptors (Lipinski definition) is 5. The molecule has 1 fully saturated rings. The highest BCUT2D eigenvalue weighted by Gasteiger charge is 2.35. The second kappa shape index (κ2) is 12.0. The summed E-state index contributed by atoms with van der Waals surface area (Å²) in [5.41, 5.74) is 3.07. The second-order valence-electron chi connectivity index (χ2n) is 8.39. The summed E-state index contributed by atoms with van der Waals surface area (Å²) < 4.78 is 11.3. The molecule has 0 aromatic heterocycles. The lowest BCUT2D eigenvalue weighted by molar-refractivity contribution is -0.127. The zero-order valence-electron chi connectivity index (χ0n) is 20.7. The molecule has 2 N–H and O–H groups in total. The van der Waals surface area contributed by atoms with Crippen molar-refractivity contribution >= 4 is 52.8 Å². The van der Waals surface area contributed by atoms with Crippen molar-refractivity contribution in [2.45, 2.75) is 20.0 Å². The van der Waals surface area contributed by atoms with Gasteiger partial charge in [-0.2, -0.15) is 0 Å². The van der Waals surface area contributed by atoms with Crippen LogP contribution >= 0.6 is 23.2 Å². The number of urea groups is 1. The Morgan fingerprint density at radius 3 is 2.55 bits per heavy atom. The summed E-state index contributed by atoms with van der Waals surface area (Å²) in [6.07, 6.45) is 2.24. The summed E-state index contributed by atoms with van der Waals surface area (Å²) in [7, 11) is 1.50. The number of hydrogen-bond donors (Lipinski definition) is 2. The molecule has 0 saturated carbocycles. The van der Waals surface area contributed by atoms with Crippen LogP contribution < -0.4 is 20.1 Å². The molecule has 0 atom stereocenters. The summed E-state index contributed by atoms with van der Waals surface area (Å²) in [5, 5.41) is 6.18. The number of ether oxygens (including phenoxy) is 2. The smallest absolute Gasteiger partial charge is 0.329 e. The van der Waals surface area contributed by atoms with Gasteiger partial charge in [0.2, 0.25) is 5.91 Å². The van der Waals surface area contributed by atoms with E-state index in [1.165, 1.54) is 13.2 Å². The maximum Gasteiger partial charge on any atom is 0.329 e. The van der Waals surface area contributed by atoms with Crippen molar-refractivity contribution in [2.75, 3.05) is 19.0 Å². The zero-order chi connectivity index (χ0) is 27.2. The molecule has 8 nitrogen and oxygen atoms in total. The third kappa shape index (κ3) is 6.27. The van der Waals surface area contributed by atoms with Crippen molar-refractivity contribution in [1.82, 2.24) is 10.2 Å². The van der Waals surface area contributed by atoms with Gasteiger partial charge < -0.3 is 20.1 Å². The molecule has 38 heavy (non-hydrogen) atoms. The van der Waals surface area contributed by atoms with Crippen LogP contribution in [0.5, 0.6) is 11.5 Å². The fraction of sp³-hybridized carbons (Fsp3) is 0.179. The van der Waals surface area contributed by atoms with Crippen LogP contribution in [0, 0.1) is 0 Å². The molecule has 0 radical (unpaired) electrons. The fourth-order valence-electron chi connectivity index (χ4n) is 3.85. The minimum Gasteiger partial charge on any atom is -0.493 e. The van der Waals surface area contributed by atoms with Crippen LogP contribution in [0.15, 0.2) is 66.4 Å². The Labute approximate surface area is 230 Å². The van der Waals surface area contributed by atoms with E-state index in [4.69, 9.17) is 32.7 Å². The number of anilines is 1. The predicted octanol–water partition coefficient (Wildman–Crippen LogP) is 5.67. The maximum atomic E-state index is 12.9. The first-order valence-corrected chi connectivity index (χ1v) is 12.5. The lowest BCUT2D eigenvalue weighted by Crippen LogP contribution is -2.38. The van der Waals surface area contributed by atoms with Crippen LogP contribution in [0.1, 0.15) is 23.6 Å². The molecule has 0 bridgehead atoms. The molecule has 196 valence electrons. The fourth-order valence-corrected chi connectivity index (χ4v) is 4.17. The molecule has 0 aliphatic carbocycles. The van der Waals surface area contributed by atoms with Crippen LogP contribution in [-0.4, -0.2) is 36.4 Å². The number of carbonyl (C=O) groups is 3. The first-order valence-electron chi connectivity index (χ1n) is 11.8. The molecule has 1 heterocycles. The lowest BCUT2D eigenvalue weighted by Gasteiger charge is -2.13. The minimum atomic E-state index is -0.672. The van der Waals surface area contributed by atoms with Crippen molar-refractivity contribution in [3.05, 3.63) is 93.1 Å². The number of imide groups is 1. The van der Waals surface area contributed by atoms with E-state index in [0.717, 1.165) is 22.4 Å². The van der Waals surface area contributed by atoms with Gasteiger partial charge in [-0.25, -0.2) is 9.69 Å².